The van der Waals surface area contributed by atoms with Crippen LogP contribution in [0.25, 0.3) is 0 Å². The first-order chi connectivity index (χ1) is 11.1. The van der Waals surface area contributed by atoms with Crippen molar-refractivity contribution in [2.45, 2.75) is 26.4 Å². The normalized spacial score (nSPS) is 15.7. The molecule has 0 bridgehead atoms. The molecule has 1 heterocycles. The third-order valence-corrected chi connectivity index (χ3v) is 4.30. The maximum atomic E-state index is 12.5. The molecule has 0 aromatic heterocycles. The van der Waals surface area contributed by atoms with E-state index in [1.54, 1.807) is 6.07 Å². The Labute approximate surface area is 149 Å². The number of anilines is 1. The first-order valence-electron chi connectivity index (χ1n) is 7.60. The van der Waals surface area contributed by atoms with Crippen molar-refractivity contribution in [2.24, 2.45) is 0 Å². The van der Waals surface area contributed by atoms with Crippen LogP contribution in [0.5, 0.6) is 11.5 Å². The standard InChI is InChI=1S/C18H18INO3/c1-3-22-17-9-13-7-11(2)23-16(13)10-15(17)20-18(21)12-5-4-6-14(19)8-12/h4-6,8-11H,3,7H2,1-2H3,(H,20,21). The summed E-state index contributed by atoms with van der Waals surface area (Å²) >= 11 is 2.19. The third kappa shape index (κ3) is 3.60. The Morgan fingerprint density at radius 3 is 2.96 bits per heavy atom. The minimum atomic E-state index is -0.157. The van der Waals surface area contributed by atoms with E-state index < -0.39 is 0 Å². The van der Waals surface area contributed by atoms with E-state index in [-0.39, 0.29) is 12.0 Å². The van der Waals surface area contributed by atoms with E-state index in [4.69, 9.17) is 9.47 Å². The fourth-order valence-corrected chi connectivity index (χ4v) is 3.18. The van der Waals surface area contributed by atoms with Gasteiger partial charge < -0.3 is 14.8 Å². The van der Waals surface area contributed by atoms with Crippen molar-refractivity contribution < 1.29 is 14.3 Å². The Morgan fingerprint density at radius 2 is 2.22 bits per heavy atom. The van der Waals surface area contributed by atoms with E-state index in [0.29, 0.717) is 23.6 Å². The number of carbonyl (C=O) groups excluding carboxylic acids is 1. The third-order valence-electron chi connectivity index (χ3n) is 3.63. The molecule has 1 N–H and O–H groups in total. The van der Waals surface area contributed by atoms with Gasteiger partial charge in [0, 0.05) is 27.2 Å². The average molecular weight is 423 g/mol. The molecule has 120 valence electrons. The van der Waals surface area contributed by atoms with Crippen molar-refractivity contribution >= 4 is 34.2 Å². The summed E-state index contributed by atoms with van der Waals surface area (Å²) in [5, 5.41) is 2.94. The maximum absolute atomic E-state index is 12.5. The quantitative estimate of drug-likeness (QED) is 0.748. The molecule has 0 radical (unpaired) electrons. The molecule has 0 saturated heterocycles. The summed E-state index contributed by atoms with van der Waals surface area (Å²) in [6, 6.07) is 11.3. The van der Waals surface area contributed by atoms with Gasteiger partial charge in [-0.1, -0.05) is 6.07 Å². The Morgan fingerprint density at radius 1 is 1.39 bits per heavy atom. The highest BCUT2D eigenvalue weighted by molar-refractivity contribution is 14.1. The second-order valence-electron chi connectivity index (χ2n) is 5.49. The van der Waals surface area contributed by atoms with Crippen LogP contribution >= 0.6 is 22.6 Å². The van der Waals surface area contributed by atoms with Crippen LogP contribution in [0.15, 0.2) is 36.4 Å². The number of halogens is 1. The zero-order chi connectivity index (χ0) is 16.4. The summed E-state index contributed by atoms with van der Waals surface area (Å²) in [5.74, 6) is 1.34. The minimum absolute atomic E-state index is 0.154. The molecule has 5 heteroatoms. The summed E-state index contributed by atoms with van der Waals surface area (Å²) in [5.41, 5.74) is 2.38. The predicted octanol–water partition coefficient (Wildman–Crippen LogP) is 4.27. The Bertz CT molecular complexity index is 745. The van der Waals surface area contributed by atoms with Crippen LogP contribution in [0.1, 0.15) is 29.8 Å². The highest BCUT2D eigenvalue weighted by Gasteiger charge is 2.22. The maximum Gasteiger partial charge on any atom is 0.255 e. The topological polar surface area (TPSA) is 47.6 Å². The zero-order valence-corrected chi connectivity index (χ0v) is 15.2. The first-order valence-corrected chi connectivity index (χ1v) is 8.68. The van der Waals surface area contributed by atoms with Gasteiger partial charge in [-0.3, -0.25) is 4.79 Å². The number of fused-ring (bicyclic) bond motifs is 1. The molecule has 0 saturated carbocycles. The van der Waals surface area contributed by atoms with Crippen LogP contribution in [0.4, 0.5) is 5.69 Å². The molecule has 1 aliphatic rings. The number of benzene rings is 2. The predicted molar refractivity (Wildman–Crippen MR) is 98.5 cm³/mol. The van der Waals surface area contributed by atoms with Crippen molar-refractivity contribution in [2.75, 3.05) is 11.9 Å². The highest BCUT2D eigenvalue weighted by atomic mass is 127. The molecule has 3 rings (SSSR count). The second-order valence-corrected chi connectivity index (χ2v) is 6.73. The van der Waals surface area contributed by atoms with Gasteiger partial charge in [-0.05, 0) is 60.7 Å². The molecule has 1 amide bonds. The number of hydrogen-bond donors (Lipinski definition) is 1. The number of amides is 1. The monoisotopic (exact) mass is 423 g/mol. The fraction of sp³-hybridized carbons (Fsp3) is 0.278. The number of carbonyl (C=O) groups is 1. The average Bonchev–Trinajstić information content (AvgIpc) is 2.87. The lowest BCUT2D eigenvalue weighted by Gasteiger charge is -2.13. The summed E-state index contributed by atoms with van der Waals surface area (Å²) in [7, 11) is 0. The number of rotatable bonds is 4. The summed E-state index contributed by atoms with van der Waals surface area (Å²) < 4.78 is 12.5. The smallest absolute Gasteiger partial charge is 0.255 e. The highest BCUT2D eigenvalue weighted by Crippen LogP contribution is 2.38. The van der Waals surface area contributed by atoms with Crippen LogP contribution in [-0.2, 0) is 6.42 Å². The van der Waals surface area contributed by atoms with Crippen LogP contribution < -0.4 is 14.8 Å². The van der Waals surface area contributed by atoms with E-state index in [9.17, 15) is 4.79 Å². The molecular weight excluding hydrogens is 405 g/mol. The van der Waals surface area contributed by atoms with Crippen molar-refractivity contribution in [3.8, 4) is 11.5 Å². The first kappa shape index (κ1) is 16.1. The number of ether oxygens (including phenoxy) is 2. The van der Waals surface area contributed by atoms with Crippen LogP contribution in [0.2, 0.25) is 0 Å². The van der Waals surface area contributed by atoms with Crippen LogP contribution in [-0.4, -0.2) is 18.6 Å². The molecule has 1 atom stereocenters. The largest absolute Gasteiger partial charge is 0.492 e. The minimum Gasteiger partial charge on any atom is -0.492 e. The lowest BCUT2D eigenvalue weighted by Crippen LogP contribution is -2.13. The number of nitrogens with one attached hydrogen (secondary N) is 1. The van der Waals surface area contributed by atoms with Gasteiger partial charge in [-0.15, -0.1) is 0 Å². The van der Waals surface area contributed by atoms with Gasteiger partial charge in [0.1, 0.15) is 17.6 Å². The van der Waals surface area contributed by atoms with Crippen molar-refractivity contribution in [3.63, 3.8) is 0 Å². The van der Waals surface area contributed by atoms with Crippen molar-refractivity contribution in [3.05, 3.63) is 51.1 Å². The van der Waals surface area contributed by atoms with Gasteiger partial charge in [0.15, 0.2) is 0 Å². The molecule has 0 spiro atoms. The van der Waals surface area contributed by atoms with Crippen LogP contribution in [0, 0.1) is 3.57 Å². The van der Waals surface area contributed by atoms with Gasteiger partial charge >= 0.3 is 0 Å². The molecule has 4 nitrogen and oxygen atoms in total. The second kappa shape index (κ2) is 6.78. The Balaban J connectivity index is 1.89. The van der Waals surface area contributed by atoms with E-state index in [1.165, 1.54) is 0 Å². The molecule has 1 aliphatic heterocycles. The molecular formula is C18H18INO3. The molecule has 1 unspecified atom stereocenters. The molecule has 2 aromatic carbocycles. The van der Waals surface area contributed by atoms with E-state index in [2.05, 4.69) is 27.9 Å². The van der Waals surface area contributed by atoms with Crippen molar-refractivity contribution in [1.82, 2.24) is 0 Å². The molecule has 23 heavy (non-hydrogen) atoms. The van der Waals surface area contributed by atoms with Gasteiger partial charge in [-0.2, -0.15) is 0 Å². The zero-order valence-electron chi connectivity index (χ0n) is 13.1. The SMILES string of the molecule is CCOc1cc2c(cc1NC(=O)c1cccc(I)c1)OC(C)C2. The number of hydrogen-bond acceptors (Lipinski definition) is 3. The summed E-state index contributed by atoms with van der Waals surface area (Å²) in [4.78, 5) is 12.5. The van der Waals surface area contributed by atoms with Gasteiger partial charge in [0.05, 0.1) is 12.3 Å². The summed E-state index contributed by atoms with van der Waals surface area (Å²) in [6.07, 6.45) is 1.02. The summed E-state index contributed by atoms with van der Waals surface area (Å²) in [6.45, 7) is 4.50. The van der Waals surface area contributed by atoms with E-state index in [0.717, 1.165) is 21.3 Å². The molecule has 0 aliphatic carbocycles. The lowest BCUT2D eigenvalue weighted by molar-refractivity contribution is 0.102. The Hall–Kier alpha value is -1.76. The molecule has 2 aromatic rings. The lowest BCUT2D eigenvalue weighted by atomic mass is 10.1. The van der Waals surface area contributed by atoms with Gasteiger partial charge in [0.25, 0.3) is 5.91 Å². The van der Waals surface area contributed by atoms with Crippen LogP contribution in [0.3, 0.4) is 0 Å². The molecule has 0 fully saturated rings. The van der Waals surface area contributed by atoms with Gasteiger partial charge in [-0.25, -0.2) is 0 Å². The van der Waals surface area contributed by atoms with Crippen molar-refractivity contribution in [1.29, 1.82) is 0 Å². The fourth-order valence-electron chi connectivity index (χ4n) is 2.64. The van der Waals surface area contributed by atoms with E-state index in [1.807, 2.05) is 44.2 Å². The Kier molecular flexibility index (Phi) is 4.75. The van der Waals surface area contributed by atoms with Gasteiger partial charge in [0.2, 0.25) is 0 Å². The van der Waals surface area contributed by atoms with E-state index >= 15 is 0 Å².